The highest BCUT2D eigenvalue weighted by atomic mass is 16.5. The van der Waals surface area contributed by atoms with Gasteiger partial charge in [-0.25, -0.2) is 4.98 Å². The van der Waals surface area contributed by atoms with E-state index in [1.165, 1.54) is 0 Å². The summed E-state index contributed by atoms with van der Waals surface area (Å²) in [5, 5.41) is 3.07. The number of nitrogens with one attached hydrogen (secondary N) is 1. The fraction of sp³-hybridized carbons (Fsp3) is 0.364. The van der Waals surface area contributed by atoms with Crippen molar-refractivity contribution in [3.8, 4) is 5.75 Å². The Morgan fingerprint density at radius 2 is 1.93 bits per heavy atom. The Kier molecular flexibility index (Phi) is 5.99. The first-order valence-electron chi connectivity index (χ1n) is 9.50. The predicted octanol–water partition coefficient (Wildman–Crippen LogP) is 3.25. The van der Waals surface area contributed by atoms with Gasteiger partial charge >= 0.3 is 0 Å². The van der Waals surface area contributed by atoms with Crippen LogP contribution in [0.4, 0.5) is 0 Å². The molecule has 6 heteroatoms. The Morgan fingerprint density at radius 3 is 2.54 bits per heavy atom. The normalized spacial score (nSPS) is 12.4. The third-order valence-corrected chi connectivity index (χ3v) is 5.13. The molecule has 2 aromatic heterocycles. The lowest BCUT2D eigenvalue weighted by Crippen LogP contribution is -2.34. The molecule has 1 unspecified atom stereocenters. The van der Waals surface area contributed by atoms with E-state index in [-0.39, 0.29) is 11.9 Å². The summed E-state index contributed by atoms with van der Waals surface area (Å²) >= 11 is 0. The molecule has 3 aromatic rings. The average Bonchev–Trinajstić information content (AvgIpc) is 3.03. The van der Waals surface area contributed by atoms with Gasteiger partial charge in [-0.1, -0.05) is 19.1 Å². The van der Waals surface area contributed by atoms with Crippen LogP contribution in [-0.2, 0) is 6.42 Å². The van der Waals surface area contributed by atoms with E-state index in [1.54, 1.807) is 7.11 Å². The predicted molar refractivity (Wildman–Crippen MR) is 111 cm³/mol. The molecule has 0 saturated heterocycles. The molecular formula is C22H28N4O2. The number of carbonyl (C=O) groups is 1. The van der Waals surface area contributed by atoms with E-state index in [1.807, 2.05) is 68.0 Å². The number of fused-ring (bicyclic) bond motifs is 1. The van der Waals surface area contributed by atoms with Crippen LogP contribution in [0.15, 0.2) is 42.6 Å². The molecule has 0 aliphatic rings. The van der Waals surface area contributed by atoms with Crippen LogP contribution in [-0.4, -0.2) is 47.9 Å². The highest BCUT2D eigenvalue weighted by Gasteiger charge is 2.17. The number of nitrogens with zero attached hydrogens (tertiary/aromatic N) is 3. The van der Waals surface area contributed by atoms with Gasteiger partial charge in [0.2, 0.25) is 0 Å². The van der Waals surface area contributed by atoms with E-state index in [2.05, 4.69) is 22.1 Å². The number of imidazole rings is 1. The zero-order chi connectivity index (χ0) is 20.3. The molecule has 0 saturated carbocycles. The fourth-order valence-electron chi connectivity index (χ4n) is 3.40. The second-order valence-corrected chi connectivity index (χ2v) is 7.11. The Hall–Kier alpha value is -2.86. The molecule has 148 valence electrons. The number of ether oxygens (including phenoxy) is 1. The van der Waals surface area contributed by atoms with E-state index in [9.17, 15) is 4.79 Å². The third-order valence-electron chi connectivity index (χ3n) is 5.13. The highest BCUT2D eigenvalue weighted by Crippen LogP contribution is 2.21. The lowest BCUT2D eigenvalue weighted by molar-refractivity contribution is 0.0941. The number of hydrogen-bond acceptors (Lipinski definition) is 4. The number of benzene rings is 1. The van der Waals surface area contributed by atoms with Crippen molar-refractivity contribution in [2.24, 2.45) is 0 Å². The van der Waals surface area contributed by atoms with Gasteiger partial charge in [-0.15, -0.1) is 0 Å². The van der Waals surface area contributed by atoms with Crippen molar-refractivity contribution in [1.82, 2.24) is 19.6 Å². The number of pyridine rings is 1. The van der Waals surface area contributed by atoms with Crippen molar-refractivity contribution in [1.29, 1.82) is 0 Å². The number of methoxy groups -OCH3 is 1. The van der Waals surface area contributed by atoms with Crippen LogP contribution in [0, 0.1) is 6.92 Å². The molecule has 0 aliphatic carbocycles. The molecule has 1 N–H and O–H groups in total. The zero-order valence-corrected chi connectivity index (χ0v) is 17.2. The summed E-state index contributed by atoms with van der Waals surface area (Å²) in [4.78, 5) is 19.4. The van der Waals surface area contributed by atoms with Gasteiger partial charge in [0.15, 0.2) is 0 Å². The number of rotatable bonds is 7. The van der Waals surface area contributed by atoms with Crippen LogP contribution in [0.5, 0.6) is 5.75 Å². The van der Waals surface area contributed by atoms with Gasteiger partial charge in [-0.05, 0) is 57.3 Å². The first-order valence-corrected chi connectivity index (χ1v) is 9.50. The van der Waals surface area contributed by atoms with Crippen LogP contribution < -0.4 is 10.1 Å². The molecule has 2 heterocycles. The van der Waals surface area contributed by atoms with Crippen molar-refractivity contribution < 1.29 is 9.53 Å². The highest BCUT2D eigenvalue weighted by molar-refractivity contribution is 5.94. The van der Waals surface area contributed by atoms with Crippen molar-refractivity contribution in [2.75, 3.05) is 27.7 Å². The van der Waals surface area contributed by atoms with Crippen molar-refractivity contribution in [3.63, 3.8) is 0 Å². The molecule has 0 bridgehead atoms. The van der Waals surface area contributed by atoms with Crippen LogP contribution in [0.3, 0.4) is 0 Å². The molecular weight excluding hydrogens is 352 g/mol. The monoisotopic (exact) mass is 380 g/mol. The zero-order valence-electron chi connectivity index (χ0n) is 17.2. The summed E-state index contributed by atoms with van der Waals surface area (Å²) in [6.45, 7) is 4.63. The molecule has 0 fully saturated rings. The van der Waals surface area contributed by atoms with Crippen LogP contribution in [0.2, 0.25) is 0 Å². The SMILES string of the molecule is CCc1nc2ccc(C(=O)NCC(c3ccc(OC)cc3)N(C)C)cn2c1C. The van der Waals surface area contributed by atoms with Crippen molar-refractivity contribution in [2.45, 2.75) is 26.3 Å². The lowest BCUT2D eigenvalue weighted by atomic mass is 10.1. The summed E-state index contributed by atoms with van der Waals surface area (Å²) < 4.78 is 7.22. The van der Waals surface area contributed by atoms with E-state index >= 15 is 0 Å². The maximum atomic E-state index is 12.8. The molecule has 0 spiro atoms. The van der Waals surface area contributed by atoms with Gasteiger partial charge in [0, 0.05) is 18.4 Å². The number of aryl methyl sites for hydroxylation is 2. The summed E-state index contributed by atoms with van der Waals surface area (Å²) in [7, 11) is 5.67. The first-order chi connectivity index (χ1) is 13.4. The number of amides is 1. The van der Waals surface area contributed by atoms with Gasteiger partial charge in [0.05, 0.1) is 24.4 Å². The summed E-state index contributed by atoms with van der Waals surface area (Å²) in [5.74, 6) is 0.731. The maximum Gasteiger partial charge on any atom is 0.252 e. The topological polar surface area (TPSA) is 58.9 Å². The Bertz CT molecular complexity index is 961. The molecule has 1 atom stereocenters. The second-order valence-electron chi connectivity index (χ2n) is 7.11. The fourth-order valence-corrected chi connectivity index (χ4v) is 3.40. The van der Waals surface area contributed by atoms with Crippen LogP contribution >= 0.6 is 0 Å². The van der Waals surface area contributed by atoms with Crippen LogP contribution in [0.25, 0.3) is 5.65 Å². The van der Waals surface area contributed by atoms with Crippen LogP contribution in [0.1, 0.15) is 40.3 Å². The molecule has 3 rings (SSSR count). The Balaban J connectivity index is 1.75. The van der Waals surface area contributed by atoms with Gasteiger partial charge < -0.3 is 19.4 Å². The molecule has 0 radical (unpaired) electrons. The first kappa shape index (κ1) is 19.9. The Labute approximate surface area is 166 Å². The van der Waals surface area contributed by atoms with Gasteiger partial charge in [-0.3, -0.25) is 4.79 Å². The van der Waals surface area contributed by atoms with E-state index in [4.69, 9.17) is 4.74 Å². The number of aromatic nitrogens is 2. The van der Waals surface area contributed by atoms with E-state index < -0.39 is 0 Å². The van der Waals surface area contributed by atoms with E-state index in [0.29, 0.717) is 12.1 Å². The Morgan fingerprint density at radius 1 is 1.21 bits per heavy atom. The third kappa shape index (κ3) is 4.02. The molecule has 0 aliphatic heterocycles. The average molecular weight is 380 g/mol. The minimum Gasteiger partial charge on any atom is -0.497 e. The smallest absolute Gasteiger partial charge is 0.252 e. The number of carbonyl (C=O) groups excluding carboxylic acids is 1. The second kappa shape index (κ2) is 8.44. The number of likely N-dealkylation sites (N-methyl/N-ethyl adjacent to an activating group) is 1. The summed E-state index contributed by atoms with van der Waals surface area (Å²) in [6, 6.07) is 11.7. The van der Waals surface area contributed by atoms with Gasteiger partial charge in [-0.2, -0.15) is 0 Å². The largest absolute Gasteiger partial charge is 0.497 e. The summed E-state index contributed by atoms with van der Waals surface area (Å²) in [6.07, 6.45) is 2.74. The molecule has 6 nitrogen and oxygen atoms in total. The maximum absolute atomic E-state index is 12.8. The van der Waals surface area contributed by atoms with Crippen molar-refractivity contribution >= 4 is 11.6 Å². The number of hydrogen-bond donors (Lipinski definition) is 1. The van der Waals surface area contributed by atoms with Gasteiger partial charge in [0.1, 0.15) is 11.4 Å². The van der Waals surface area contributed by atoms with E-state index in [0.717, 1.165) is 34.8 Å². The standard InChI is InChI=1S/C22H28N4O2/c1-6-19-15(2)26-14-17(9-12-21(26)24-19)22(27)23-13-20(25(3)4)16-7-10-18(28-5)11-8-16/h7-12,14,20H,6,13H2,1-5H3,(H,23,27). The van der Waals surface area contributed by atoms with Crippen molar-refractivity contribution in [3.05, 3.63) is 65.1 Å². The minimum absolute atomic E-state index is 0.0697. The molecule has 28 heavy (non-hydrogen) atoms. The quantitative estimate of drug-likeness (QED) is 0.684. The summed E-state index contributed by atoms with van der Waals surface area (Å²) in [5.41, 5.74) is 4.76. The molecule has 1 aromatic carbocycles. The molecule has 1 amide bonds. The van der Waals surface area contributed by atoms with Gasteiger partial charge in [0.25, 0.3) is 5.91 Å². The minimum atomic E-state index is -0.0894. The lowest BCUT2D eigenvalue weighted by Gasteiger charge is -2.25.